The summed E-state index contributed by atoms with van der Waals surface area (Å²) < 4.78 is 0. The smallest absolute Gasteiger partial charge is 0.132 e. The molecule has 2 aromatic rings. The van der Waals surface area contributed by atoms with E-state index in [1.807, 2.05) is 31.3 Å². The van der Waals surface area contributed by atoms with Crippen molar-refractivity contribution in [1.29, 1.82) is 0 Å². The van der Waals surface area contributed by atoms with Gasteiger partial charge in [-0.2, -0.15) is 0 Å². The zero-order valence-corrected chi connectivity index (χ0v) is 12.9. The average Bonchev–Trinajstić information content (AvgIpc) is 2.56. The summed E-state index contributed by atoms with van der Waals surface area (Å²) in [4.78, 5) is 15.4. The van der Waals surface area contributed by atoms with Crippen LogP contribution in [0.4, 0.5) is 5.82 Å². The minimum Gasteiger partial charge on any atom is -0.356 e. The Labute approximate surface area is 131 Å². The maximum absolute atomic E-state index is 4.41. The molecule has 0 unspecified atom stereocenters. The second kappa shape index (κ2) is 7.33. The summed E-state index contributed by atoms with van der Waals surface area (Å²) in [5.74, 6) is 0.996. The van der Waals surface area contributed by atoms with E-state index in [2.05, 4.69) is 25.2 Å². The first-order chi connectivity index (χ1) is 9.86. The van der Waals surface area contributed by atoms with E-state index in [4.69, 9.17) is 0 Å². The summed E-state index contributed by atoms with van der Waals surface area (Å²) >= 11 is 0. The fourth-order valence-electron chi connectivity index (χ4n) is 2.57. The van der Waals surface area contributed by atoms with Gasteiger partial charge in [-0.3, -0.25) is 4.98 Å². The summed E-state index contributed by atoms with van der Waals surface area (Å²) in [6.45, 7) is 2.06. The third-order valence-corrected chi connectivity index (χ3v) is 3.81. The largest absolute Gasteiger partial charge is 0.356 e. The molecule has 3 rings (SSSR count). The molecule has 5 nitrogen and oxygen atoms in total. The van der Waals surface area contributed by atoms with Gasteiger partial charge in [-0.1, -0.05) is 6.07 Å². The average molecular weight is 306 g/mol. The highest BCUT2D eigenvalue weighted by atomic mass is 35.5. The zero-order chi connectivity index (χ0) is 13.8. The number of nitrogens with zero attached hydrogens (tertiary/aromatic N) is 4. The molecule has 112 valence electrons. The van der Waals surface area contributed by atoms with Gasteiger partial charge < -0.3 is 10.2 Å². The number of nitrogens with one attached hydrogen (secondary N) is 1. The van der Waals surface area contributed by atoms with E-state index in [0.717, 1.165) is 43.1 Å². The van der Waals surface area contributed by atoms with Crippen LogP contribution in [0.25, 0.3) is 11.4 Å². The second-order valence-corrected chi connectivity index (χ2v) is 5.03. The summed E-state index contributed by atoms with van der Waals surface area (Å²) in [7, 11) is 2.03. The van der Waals surface area contributed by atoms with Crippen LogP contribution in [0.1, 0.15) is 12.8 Å². The van der Waals surface area contributed by atoms with Crippen molar-refractivity contribution >= 4 is 18.2 Å². The number of aromatic nitrogens is 3. The van der Waals surface area contributed by atoms with Crippen molar-refractivity contribution in [3.05, 3.63) is 36.8 Å². The van der Waals surface area contributed by atoms with Crippen LogP contribution < -0.4 is 10.2 Å². The molecule has 6 heteroatoms. The van der Waals surface area contributed by atoms with Crippen LogP contribution in [0, 0.1) is 0 Å². The normalized spacial score (nSPS) is 15.6. The highest BCUT2D eigenvalue weighted by Gasteiger charge is 2.19. The Balaban J connectivity index is 0.00000161. The van der Waals surface area contributed by atoms with Crippen LogP contribution in [0.2, 0.25) is 0 Å². The Morgan fingerprint density at radius 3 is 2.57 bits per heavy atom. The Morgan fingerprint density at radius 1 is 1.10 bits per heavy atom. The fraction of sp³-hybridized carbons (Fsp3) is 0.400. The van der Waals surface area contributed by atoms with Crippen LogP contribution in [0.5, 0.6) is 0 Å². The predicted octanol–water partition coefficient (Wildman–Crippen LogP) is 2.15. The van der Waals surface area contributed by atoms with Crippen molar-refractivity contribution in [3.8, 4) is 11.4 Å². The van der Waals surface area contributed by atoms with Gasteiger partial charge in [0.1, 0.15) is 12.1 Å². The lowest BCUT2D eigenvalue weighted by Gasteiger charge is -2.32. The molecule has 0 bridgehead atoms. The molecule has 0 aliphatic carbocycles. The molecule has 1 aliphatic heterocycles. The van der Waals surface area contributed by atoms with E-state index in [-0.39, 0.29) is 12.4 Å². The molecule has 2 aromatic heterocycles. The number of hydrogen-bond acceptors (Lipinski definition) is 5. The second-order valence-electron chi connectivity index (χ2n) is 5.03. The van der Waals surface area contributed by atoms with Crippen LogP contribution in [-0.4, -0.2) is 41.1 Å². The third-order valence-electron chi connectivity index (χ3n) is 3.81. The summed E-state index contributed by atoms with van der Waals surface area (Å²) in [5.41, 5.74) is 1.77. The number of piperidine rings is 1. The minimum absolute atomic E-state index is 0. The van der Waals surface area contributed by atoms with Crippen LogP contribution in [0.3, 0.4) is 0 Å². The fourth-order valence-corrected chi connectivity index (χ4v) is 2.57. The summed E-state index contributed by atoms with van der Waals surface area (Å²) in [5, 5.41) is 3.34. The van der Waals surface area contributed by atoms with Gasteiger partial charge in [0.2, 0.25) is 0 Å². The van der Waals surface area contributed by atoms with Gasteiger partial charge in [0.15, 0.2) is 0 Å². The highest BCUT2D eigenvalue weighted by Crippen LogP contribution is 2.21. The van der Waals surface area contributed by atoms with Gasteiger partial charge in [-0.25, -0.2) is 9.97 Å². The third kappa shape index (κ3) is 3.68. The first kappa shape index (κ1) is 15.7. The number of pyridine rings is 1. The van der Waals surface area contributed by atoms with E-state index in [1.54, 1.807) is 12.5 Å². The van der Waals surface area contributed by atoms with E-state index in [1.165, 1.54) is 0 Å². The zero-order valence-electron chi connectivity index (χ0n) is 12.1. The first-order valence-corrected chi connectivity index (χ1v) is 7.02. The molecule has 0 amide bonds. The molecule has 3 heterocycles. The molecule has 0 radical (unpaired) electrons. The minimum atomic E-state index is 0. The lowest BCUT2D eigenvalue weighted by Crippen LogP contribution is -2.41. The molecule has 0 atom stereocenters. The van der Waals surface area contributed by atoms with E-state index < -0.39 is 0 Å². The number of halogens is 1. The standard InChI is InChI=1S/C15H19N5.ClH/c1-16-12-5-8-20(9-6-12)15-10-14(18-11-19-15)13-4-2-3-7-17-13;/h2-4,7,10-12,16H,5-6,8-9H2,1H3;1H. The van der Waals surface area contributed by atoms with E-state index >= 15 is 0 Å². The van der Waals surface area contributed by atoms with E-state index in [9.17, 15) is 0 Å². The van der Waals surface area contributed by atoms with Gasteiger partial charge in [-0.05, 0) is 32.0 Å². The first-order valence-electron chi connectivity index (χ1n) is 7.02. The quantitative estimate of drug-likeness (QED) is 0.941. The number of rotatable bonds is 3. The molecular formula is C15H20ClN5. The Hall–Kier alpha value is -1.72. The number of hydrogen-bond donors (Lipinski definition) is 1. The molecule has 0 aromatic carbocycles. The van der Waals surface area contributed by atoms with Gasteiger partial charge in [0, 0.05) is 31.4 Å². The van der Waals surface area contributed by atoms with Gasteiger partial charge in [0.05, 0.1) is 11.4 Å². The lowest BCUT2D eigenvalue weighted by atomic mass is 10.1. The van der Waals surface area contributed by atoms with Crippen LogP contribution >= 0.6 is 12.4 Å². The summed E-state index contributed by atoms with van der Waals surface area (Å²) in [6.07, 6.45) is 5.72. The SMILES string of the molecule is CNC1CCN(c2cc(-c3ccccn3)ncn2)CC1.Cl. The number of anilines is 1. The Bertz CT molecular complexity index is 555. The Morgan fingerprint density at radius 2 is 1.90 bits per heavy atom. The molecule has 0 saturated carbocycles. The van der Waals surface area contributed by atoms with Crippen molar-refractivity contribution in [2.75, 3.05) is 25.0 Å². The molecule has 1 aliphatic rings. The molecular weight excluding hydrogens is 286 g/mol. The molecule has 21 heavy (non-hydrogen) atoms. The maximum atomic E-state index is 4.41. The van der Waals surface area contributed by atoms with Gasteiger partial charge in [0.25, 0.3) is 0 Å². The van der Waals surface area contributed by atoms with Crippen LogP contribution in [-0.2, 0) is 0 Å². The molecule has 1 N–H and O–H groups in total. The molecule has 1 fully saturated rings. The van der Waals surface area contributed by atoms with Gasteiger partial charge in [-0.15, -0.1) is 12.4 Å². The lowest BCUT2D eigenvalue weighted by molar-refractivity contribution is 0.440. The van der Waals surface area contributed by atoms with Crippen molar-refractivity contribution in [3.63, 3.8) is 0 Å². The topological polar surface area (TPSA) is 53.9 Å². The molecule has 1 saturated heterocycles. The van der Waals surface area contributed by atoms with Crippen molar-refractivity contribution in [2.24, 2.45) is 0 Å². The van der Waals surface area contributed by atoms with Crippen LogP contribution in [0.15, 0.2) is 36.8 Å². The van der Waals surface area contributed by atoms with Crippen molar-refractivity contribution in [2.45, 2.75) is 18.9 Å². The van der Waals surface area contributed by atoms with Crippen molar-refractivity contribution in [1.82, 2.24) is 20.3 Å². The predicted molar refractivity (Wildman–Crippen MR) is 86.8 cm³/mol. The van der Waals surface area contributed by atoms with Crippen molar-refractivity contribution < 1.29 is 0 Å². The maximum Gasteiger partial charge on any atom is 0.132 e. The van der Waals surface area contributed by atoms with Gasteiger partial charge >= 0.3 is 0 Å². The van der Waals surface area contributed by atoms with E-state index in [0.29, 0.717) is 6.04 Å². The summed E-state index contributed by atoms with van der Waals surface area (Å²) in [6, 6.07) is 8.52. The molecule has 0 spiro atoms. The highest BCUT2D eigenvalue weighted by molar-refractivity contribution is 5.85. The monoisotopic (exact) mass is 305 g/mol. The Kier molecular flexibility index (Phi) is 5.47.